The molecule has 2 rings (SSSR count). The molecule has 0 spiro atoms. The number of thiophene rings is 1. The van der Waals surface area contributed by atoms with E-state index < -0.39 is 0 Å². The second-order valence-corrected chi connectivity index (χ2v) is 5.82. The van der Waals surface area contributed by atoms with Crippen LogP contribution in [0.3, 0.4) is 0 Å². The molecular formula is C11H16N2S. The number of aromatic nitrogens is 2. The fourth-order valence-corrected chi connectivity index (χ4v) is 2.76. The summed E-state index contributed by atoms with van der Waals surface area (Å²) >= 11 is 1.85. The molecule has 0 fully saturated rings. The van der Waals surface area contributed by atoms with Gasteiger partial charge in [0.25, 0.3) is 0 Å². The summed E-state index contributed by atoms with van der Waals surface area (Å²) in [7, 11) is 2.01. The summed E-state index contributed by atoms with van der Waals surface area (Å²) in [6.45, 7) is 8.82. The van der Waals surface area contributed by atoms with Crippen LogP contribution in [0, 0.1) is 6.92 Å². The van der Waals surface area contributed by atoms with Gasteiger partial charge in [0.2, 0.25) is 0 Å². The van der Waals surface area contributed by atoms with E-state index in [1.54, 1.807) is 0 Å². The molecule has 0 bridgehead atoms. The summed E-state index contributed by atoms with van der Waals surface area (Å²) in [6, 6.07) is 2.28. The van der Waals surface area contributed by atoms with E-state index in [4.69, 9.17) is 0 Å². The minimum absolute atomic E-state index is 0.246. The summed E-state index contributed by atoms with van der Waals surface area (Å²) in [5.41, 5.74) is 1.38. The van der Waals surface area contributed by atoms with Crippen molar-refractivity contribution in [3.05, 3.63) is 16.6 Å². The van der Waals surface area contributed by atoms with Crippen molar-refractivity contribution in [2.45, 2.75) is 33.1 Å². The van der Waals surface area contributed by atoms with Crippen LogP contribution in [-0.4, -0.2) is 9.78 Å². The highest BCUT2D eigenvalue weighted by Gasteiger charge is 2.19. The molecule has 0 aromatic carbocycles. The first-order valence-corrected chi connectivity index (χ1v) is 5.65. The highest BCUT2D eigenvalue weighted by molar-refractivity contribution is 7.18. The summed E-state index contributed by atoms with van der Waals surface area (Å²) in [5.74, 6) is 0. The summed E-state index contributed by atoms with van der Waals surface area (Å²) in [6.07, 6.45) is 0. The zero-order chi connectivity index (χ0) is 10.5. The summed E-state index contributed by atoms with van der Waals surface area (Å²) in [4.78, 5) is 2.72. The lowest BCUT2D eigenvalue weighted by atomic mass is 9.94. The smallest absolute Gasteiger partial charge is 0.121 e. The van der Waals surface area contributed by atoms with Gasteiger partial charge in [0, 0.05) is 17.3 Å². The minimum atomic E-state index is 0.246. The lowest BCUT2D eigenvalue weighted by Gasteiger charge is -2.15. The highest BCUT2D eigenvalue weighted by Crippen LogP contribution is 2.35. The van der Waals surface area contributed by atoms with E-state index in [9.17, 15) is 0 Å². The first-order chi connectivity index (χ1) is 6.39. The predicted molar refractivity (Wildman–Crippen MR) is 62.0 cm³/mol. The van der Waals surface area contributed by atoms with Crippen LogP contribution in [0.25, 0.3) is 10.2 Å². The molecule has 0 aliphatic rings. The van der Waals surface area contributed by atoms with Crippen LogP contribution in [0.2, 0.25) is 0 Å². The molecule has 2 nitrogen and oxygen atoms in total. The number of aryl methyl sites for hydroxylation is 2. The van der Waals surface area contributed by atoms with Crippen molar-refractivity contribution in [3.63, 3.8) is 0 Å². The van der Waals surface area contributed by atoms with Gasteiger partial charge in [-0.25, -0.2) is 0 Å². The van der Waals surface area contributed by atoms with Crippen LogP contribution >= 0.6 is 11.3 Å². The van der Waals surface area contributed by atoms with Crippen molar-refractivity contribution >= 4 is 21.6 Å². The average Bonchev–Trinajstić information content (AvgIpc) is 2.53. The zero-order valence-corrected chi connectivity index (χ0v) is 10.2. The third-order valence-electron chi connectivity index (χ3n) is 2.44. The van der Waals surface area contributed by atoms with Crippen LogP contribution in [0.15, 0.2) is 6.07 Å². The monoisotopic (exact) mass is 208 g/mol. The van der Waals surface area contributed by atoms with Crippen LogP contribution in [-0.2, 0) is 12.5 Å². The van der Waals surface area contributed by atoms with E-state index in [0.717, 1.165) is 5.69 Å². The molecule has 2 aromatic rings. The zero-order valence-electron chi connectivity index (χ0n) is 9.38. The van der Waals surface area contributed by atoms with Crippen molar-refractivity contribution in [2.24, 2.45) is 7.05 Å². The van der Waals surface area contributed by atoms with Gasteiger partial charge in [0.15, 0.2) is 0 Å². The first kappa shape index (κ1) is 9.71. The first-order valence-electron chi connectivity index (χ1n) is 4.83. The Hall–Kier alpha value is -0.830. The Balaban J connectivity index is 2.69. The fourth-order valence-electron chi connectivity index (χ4n) is 1.57. The topological polar surface area (TPSA) is 17.8 Å². The Morgan fingerprint density at radius 3 is 2.50 bits per heavy atom. The van der Waals surface area contributed by atoms with Crippen LogP contribution in [0.1, 0.15) is 31.3 Å². The van der Waals surface area contributed by atoms with Crippen molar-refractivity contribution < 1.29 is 0 Å². The summed E-state index contributed by atoms with van der Waals surface area (Å²) in [5, 5.41) is 5.71. The Bertz CT molecular complexity index is 437. The van der Waals surface area contributed by atoms with Gasteiger partial charge in [-0.3, -0.25) is 4.68 Å². The van der Waals surface area contributed by atoms with Gasteiger partial charge in [-0.15, -0.1) is 11.3 Å². The average molecular weight is 208 g/mol. The molecule has 0 unspecified atom stereocenters. The standard InChI is InChI=1S/C11H16N2S/c1-7-8-6-9(11(2,3)4)14-10(8)13(5)12-7/h6H,1-5H3. The number of nitrogens with zero attached hydrogens (tertiary/aromatic N) is 2. The molecule has 76 valence electrons. The third kappa shape index (κ3) is 1.36. The van der Waals surface area contributed by atoms with Gasteiger partial charge in [0.1, 0.15) is 4.83 Å². The quantitative estimate of drug-likeness (QED) is 0.650. The summed E-state index contributed by atoms with van der Waals surface area (Å²) < 4.78 is 1.98. The van der Waals surface area contributed by atoms with Crippen molar-refractivity contribution in [1.29, 1.82) is 0 Å². The van der Waals surface area contributed by atoms with E-state index in [1.165, 1.54) is 15.1 Å². The number of hydrogen-bond acceptors (Lipinski definition) is 2. The molecular weight excluding hydrogens is 192 g/mol. The van der Waals surface area contributed by atoms with E-state index in [0.29, 0.717) is 0 Å². The third-order valence-corrected chi connectivity index (χ3v) is 4.06. The molecule has 0 saturated carbocycles. The Labute approximate surface area is 88.6 Å². The van der Waals surface area contributed by atoms with E-state index in [1.807, 2.05) is 23.1 Å². The molecule has 2 aromatic heterocycles. The molecule has 2 heterocycles. The largest absolute Gasteiger partial charge is 0.258 e. The number of hydrogen-bond donors (Lipinski definition) is 0. The Kier molecular flexibility index (Phi) is 1.96. The maximum Gasteiger partial charge on any atom is 0.121 e. The van der Waals surface area contributed by atoms with Crippen LogP contribution in [0.4, 0.5) is 0 Å². The lowest BCUT2D eigenvalue weighted by Crippen LogP contribution is -2.08. The molecule has 0 saturated heterocycles. The molecule has 0 radical (unpaired) electrons. The normalized spacial score (nSPS) is 12.6. The Morgan fingerprint density at radius 2 is 2.00 bits per heavy atom. The van der Waals surface area contributed by atoms with Crippen molar-refractivity contribution in [1.82, 2.24) is 9.78 Å². The van der Waals surface area contributed by atoms with Crippen molar-refractivity contribution in [3.8, 4) is 0 Å². The second-order valence-electron chi connectivity index (χ2n) is 4.79. The van der Waals surface area contributed by atoms with Gasteiger partial charge in [-0.1, -0.05) is 20.8 Å². The molecule has 0 atom stereocenters. The van der Waals surface area contributed by atoms with Crippen molar-refractivity contribution in [2.75, 3.05) is 0 Å². The number of fused-ring (bicyclic) bond motifs is 1. The van der Waals surface area contributed by atoms with Gasteiger partial charge in [-0.2, -0.15) is 5.10 Å². The molecule has 0 amide bonds. The Morgan fingerprint density at radius 1 is 1.36 bits per heavy atom. The maximum atomic E-state index is 4.40. The number of rotatable bonds is 0. The van der Waals surface area contributed by atoms with Gasteiger partial charge in [0.05, 0.1) is 5.69 Å². The lowest BCUT2D eigenvalue weighted by molar-refractivity contribution is 0.604. The SMILES string of the molecule is Cc1nn(C)c2sc(C(C)(C)C)cc12. The van der Waals surface area contributed by atoms with Gasteiger partial charge >= 0.3 is 0 Å². The van der Waals surface area contributed by atoms with Gasteiger partial charge < -0.3 is 0 Å². The fraction of sp³-hybridized carbons (Fsp3) is 0.545. The van der Waals surface area contributed by atoms with E-state index in [-0.39, 0.29) is 5.41 Å². The maximum absolute atomic E-state index is 4.40. The molecule has 0 aliphatic heterocycles. The van der Waals surface area contributed by atoms with E-state index >= 15 is 0 Å². The molecule has 0 N–H and O–H groups in total. The molecule has 3 heteroatoms. The minimum Gasteiger partial charge on any atom is -0.258 e. The molecule has 14 heavy (non-hydrogen) atoms. The predicted octanol–water partition coefficient (Wildman–Crippen LogP) is 3.24. The van der Waals surface area contributed by atoms with Crippen LogP contribution < -0.4 is 0 Å². The van der Waals surface area contributed by atoms with E-state index in [2.05, 4.69) is 38.9 Å². The van der Waals surface area contributed by atoms with Gasteiger partial charge in [-0.05, 0) is 18.4 Å². The highest BCUT2D eigenvalue weighted by atomic mass is 32.1. The second kappa shape index (κ2) is 2.83. The van der Waals surface area contributed by atoms with Crippen LogP contribution in [0.5, 0.6) is 0 Å². The molecule has 0 aliphatic carbocycles.